The topological polar surface area (TPSA) is 86.9 Å². The number of allylic oxidation sites excluding steroid dienone is 1. The van der Waals surface area contributed by atoms with E-state index >= 15 is 0 Å². The number of fused-ring (bicyclic) bond motifs is 1. The number of hydrogen-bond donors (Lipinski definition) is 0. The monoisotopic (exact) mass is 804 g/mol. The molecule has 0 saturated carbocycles. The second kappa shape index (κ2) is 15.9. The van der Waals surface area contributed by atoms with Gasteiger partial charge in [0.25, 0.3) is 0 Å². The van der Waals surface area contributed by atoms with Crippen LogP contribution in [0.25, 0.3) is 22.4 Å². The molecule has 0 aliphatic heterocycles. The summed E-state index contributed by atoms with van der Waals surface area (Å²) in [4.78, 5) is 14.7. The molecule has 0 fully saturated rings. The fourth-order valence-corrected chi connectivity index (χ4v) is 6.03. The number of alkyl halides is 6. The zero-order valence-corrected chi connectivity index (χ0v) is 29.3. The standard InChI is InChI=1S/C33H22Cl4F6N6O3/c1-3-44-9-6-10-48(16-21-23(34)11-18(12-24(21)35)51-32(38,39)40)31-28(50-2)15-45-30(46-31)29-20-7-4-5-8-27(20)49(47-29)17-22-25(36)13-19(14-26(22)37)52-33(41,42)43/h3-15H,1,16-17H2,2H3/b10-6+,44-9-. The average Bonchev–Trinajstić information content (AvgIpc) is 3.42. The molecule has 5 aromatic rings. The largest absolute Gasteiger partial charge is 0.573 e. The van der Waals surface area contributed by atoms with Crippen molar-refractivity contribution in [2.24, 2.45) is 4.99 Å². The Labute approximate surface area is 311 Å². The fourth-order valence-electron chi connectivity index (χ4n) is 4.86. The maximum Gasteiger partial charge on any atom is 0.573 e. The molecule has 0 N–H and O–H groups in total. The van der Waals surface area contributed by atoms with Crippen molar-refractivity contribution >= 4 is 69.3 Å². The number of nitrogens with zero attached hydrogens (tertiary/aromatic N) is 6. The SMILES string of the molecule is C=C/N=C\C=C\N(Cc1c(Cl)cc(OC(F)(F)F)cc1Cl)c1nc(-c2nn(Cc3c(Cl)cc(OC(F)(F)F)cc3Cl)c3ccccc23)ncc1OC. The van der Waals surface area contributed by atoms with Crippen LogP contribution in [0.2, 0.25) is 20.1 Å². The Kier molecular flexibility index (Phi) is 11.8. The van der Waals surface area contributed by atoms with E-state index in [0.717, 1.165) is 24.3 Å². The summed E-state index contributed by atoms with van der Waals surface area (Å²) in [6.07, 6.45) is -2.72. The number of para-hydroxylation sites is 1. The molecule has 0 aliphatic rings. The van der Waals surface area contributed by atoms with Gasteiger partial charge < -0.3 is 19.1 Å². The third-order valence-electron chi connectivity index (χ3n) is 6.97. The average molecular weight is 806 g/mol. The van der Waals surface area contributed by atoms with Crippen molar-refractivity contribution in [3.8, 4) is 28.8 Å². The van der Waals surface area contributed by atoms with Crippen LogP contribution in [-0.2, 0) is 13.1 Å². The van der Waals surface area contributed by atoms with E-state index in [4.69, 9.17) is 61.2 Å². The molecule has 0 bridgehead atoms. The number of benzene rings is 3. The minimum atomic E-state index is -4.97. The van der Waals surface area contributed by atoms with Crippen LogP contribution in [0.4, 0.5) is 32.2 Å². The molecule has 272 valence electrons. The minimum Gasteiger partial charge on any atom is -0.491 e. The Morgan fingerprint density at radius 2 is 1.46 bits per heavy atom. The molecule has 2 aromatic heterocycles. The van der Waals surface area contributed by atoms with E-state index < -0.39 is 24.2 Å². The van der Waals surface area contributed by atoms with Gasteiger partial charge in [-0.2, -0.15) is 5.10 Å². The van der Waals surface area contributed by atoms with Gasteiger partial charge in [0.05, 0.1) is 52.0 Å². The van der Waals surface area contributed by atoms with Crippen LogP contribution in [0.5, 0.6) is 17.2 Å². The Bertz CT molecular complexity index is 2130. The lowest BCUT2D eigenvalue weighted by Crippen LogP contribution is -2.20. The first-order valence-electron chi connectivity index (χ1n) is 14.5. The highest BCUT2D eigenvalue weighted by molar-refractivity contribution is 6.36. The van der Waals surface area contributed by atoms with E-state index in [2.05, 4.69) is 26.0 Å². The molecule has 3 aromatic carbocycles. The fraction of sp³-hybridized carbons (Fsp3) is 0.152. The van der Waals surface area contributed by atoms with Crippen LogP contribution in [-0.4, -0.2) is 45.8 Å². The molecule has 0 atom stereocenters. The van der Waals surface area contributed by atoms with Crippen LogP contribution in [0.3, 0.4) is 0 Å². The highest BCUT2D eigenvalue weighted by Crippen LogP contribution is 2.38. The predicted octanol–water partition coefficient (Wildman–Crippen LogP) is 10.7. The zero-order chi connectivity index (χ0) is 37.8. The van der Waals surface area contributed by atoms with Gasteiger partial charge in [0, 0.05) is 35.1 Å². The van der Waals surface area contributed by atoms with Crippen molar-refractivity contribution < 1.29 is 40.6 Å². The molecule has 0 aliphatic carbocycles. The second-order valence-electron chi connectivity index (χ2n) is 10.4. The maximum atomic E-state index is 12.9. The number of aliphatic imine (C=N–C) groups is 1. The van der Waals surface area contributed by atoms with Crippen molar-refractivity contribution in [1.29, 1.82) is 0 Å². The Hall–Kier alpha value is -4.70. The summed E-state index contributed by atoms with van der Waals surface area (Å²) in [7, 11) is 1.38. The van der Waals surface area contributed by atoms with E-state index in [0.29, 0.717) is 16.6 Å². The number of aromatic nitrogens is 4. The van der Waals surface area contributed by atoms with Gasteiger partial charge in [-0.15, -0.1) is 26.3 Å². The van der Waals surface area contributed by atoms with Gasteiger partial charge in [-0.1, -0.05) is 71.2 Å². The van der Waals surface area contributed by atoms with Crippen LogP contribution < -0.4 is 19.1 Å². The first-order chi connectivity index (χ1) is 24.6. The Balaban J connectivity index is 1.58. The summed E-state index contributed by atoms with van der Waals surface area (Å²) in [5, 5.41) is 4.88. The summed E-state index contributed by atoms with van der Waals surface area (Å²) < 4.78 is 92.1. The smallest absolute Gasteiger partial charge is 0.491 e. The minimum absolute atomic E-state index is 0.0595. The van der Waals surface area contributed by atoms with Gasteiger partial charge in [0.2, 0.25) is 0 Å². The molecule has 0 spiro atoms. The molecule has 5 rings (SSSR count). The quantitative estimate of drug-likeness (QED) is 0.0916. The molecule has 52 heavy (non-hydrogen) atoms. The van der Waals surface area contributed by atoms with E-state index in [1.807, 2.05) is 0 Å². The number of rotatable bonds is 12. The van der Waals surface area contributed by atoms with Crippen LogP contribution in [0, 0.1) is 0 Å². The first-order valence-corrected chi connectivity index (χ1v) is 16.0. The van der Waals surface area contributed by atoms with Gasteiger partial charge in [-0.25, -0.2) is 9.97 Å². The van der Waals surface area contributed by atoms with Crippen LogP contribution in [0.15, 0.2) is 84.8 Å². The number of anilines is 1. The maximum absolute atomic E-state index is 12.9. The first kappa shape index (κ1) is 38.5. The molecule has 0 saturated heterocycles. The Morgan fingerprint density at radius 3 is 2.02 bits per heavy atom. The molecule has 0 radical (unpaired) electrons. The summed E-state index contributed by atoms with van der Waals surface area (Å²) in [5.74, 6) is -0.727. The van der Waals surface area contributed by atoms with Crippen molar-refractivity contribution in [3.05, 3.63) is 111 Å². The number of ether oxygens (including phenoxy) is 3. The van der Waals surface area contributed by atoms with Crippen molar-refractivity contribution in [3.63, 3.8) is 0 Å². The normalized spacial score (nSPS) is 12.2. The molecule has 9 nitrogen and oxygen atoms in total. The molecule has 2 heterocycles. The van der Waals surface area contributed by atoms with Crippen LogP contribution >= 0.6 is 46.4 Å². The highest BCUT2D eigenvalue weighted by atomic mass is 35.5. The zero-order valence-electron chi connectivity index (χ0n) is 26.3. The molecular weight excluding hydrogens is 784 g/mol. The van der Waals surface area contributed by atoms with E-state index in [1.165, 1.54) is 36.5 Å². The van der Waals surface area contributed by atoms with Gasteiger partial charge in [-0.05, 0) is 36.4 Å². The number of methoxy groups -OCH3 is 1. The highest BCUT2D eigenvalue weighted by Gasteiger charge is 2.33. The second-order valence-corrected chi connectivity index (χ2v) is 12.0. The molecule has 0 unspecified atom stereocenters. The molecular formula is C33H22Cl4F6N6O3. The molecule has 19 heteroatoms. The number of hydrogen-bond acceptors (Lipinski definition) is 8. The lowest BCUT2D eigenvalue weighted by molar-refractivity contribution is -0.275. The van der Waals surface area contributed by atoms with Gasteiger partial charge in [0.1, 0.15) is 17.2 Å². The molecule has 0 amide bonds. The van der Waals surface area contributed by atoms with Crippen LogP contribution in [0.1, 0.15) is 11.1 Å². The number of halogens is 10. The van der Waals surface area contributed by atoms with E-state index in [-0.39, 0.29) is 61.7 Å². The predicted molar refractivity (Wildman–Crippen MR) is 187 cm³/mol. The van der Waals surface area contributed by atoms with Crippen molar-refractivity contribution in [2.75, 3.05) is 12.0 Å². The van der Waals surface area contributed by atoms with Gasteiger partial charge >= 0.3 is 12.7 Å². The third kappa shape index (κ3) is 9.39. The summed E-state index contributed by atoms with van der Waals surface area (Å²) >= 11 is 25.5. The summed E-state index contributed by atoms with van der Waals surface area (Å²) in [6, 6.07) is 11.0. The lowest BCUT2D eigenvalue weighted by atomic mass is 10.2. The van der Waals surface area contributed by atoms with Crippen molar-refractivity contribution in [2.45, 2.75) is 25.8 Å². The van der Waals surface area contributed by atoms with E-state index in [1.54, 1.807) is 35.4 Å². The third-order valence-corrected chi connectivity index (χ3v) is 8.32. The van der Waals surface area contributed by atoms with Gasteiger partial charge in [-0.3, -0.25) is 9.67 Å². The Morgan fingerprint density at radius 1 is 0.885 bits per heavy atom. The lowest BCUT2D eigenvalue weighted by Gasteiger charge is -2.23. The van der Waals surface area contributed by atoms with Crippen molar-refractivity contribution in [1.82, 2.24) is 19.7 Å². The van der Waals surface area contributed by atoms with E-state index in [9.17, 15) is 26.3 Å². The van der Waals surface area contributed by atoms with Gasteiger partial charge in [0.15, 0.2) is 17.4 Å². The summed E-state index contributed by atoms with van der Waals surface area (Å²) in [5.41, 5.74) is 1.37. The summed E-state index contributed by atoms with van der Waals surface area (Å²) in [6.45, 7) is 3.34.